The number of fused-ring (bicyclic) bond motifs is 1. The van der Waals surface area contributed by atoms with Crippen LogP contribution in [-0.4, -0.2) is 29.5 Å². The van der Waals surface area contributed by atoms with Crippen molar-refractivity contribution >= 4 is 27.5 Å². The fourth-order valence-corrected chi connectivity index (χ4v) is 3.80. The van der Waals surface area contributed by atoms with E-state index in [0.717, 1.165) is 21.6 Å². The lowest BCUT2D eigenvalue weighted by Gasteiger charge is -2.24. The second kappa shape index (κ2) is 8.74. The van der Waals surface area contributed by atoms with Crippen molar-refractivity contribution in [1.82, 2.24) is 10.3 Å². The predicted molar refractivity (Wildman–Crippen MR) is 106 cm³/mol. The molecule has 0 aliphatic heterocycles. The molecule has 1 unspecified atom stereocenters. The van der Waals surface area contributed by atoms with Crippen molar-refractivity contribution in [3.8, 4) is 0 Å². The number of nitrogens with zero attached hydrogens (tertiary/aromatic N) is 1. The number of aromatic nitrogens is 1. The molecule has 0 aliphatic carbocycles. The first kappa shape index (κ1) is 19.8. The molecule has 5 N–H and O–H groups in total. The number of benzene rings is 1. The summed E-state index contributed by atoms with van der Waals surface area (Å²) >= 11 is 1.61. The van der Waals surface area contributed by atoms with Gasteiger partial charge in [-0.1, -0.05) is 40.2 Å². The van der Waals surface area contributed by atoms with E-state index < -0.39 is 6.04 Å². The third kappa shape index (κ3) is 5.00. The van der Waals surface area contributed by atoms with Gasteiger partial charge in [-0.15, -0.1) is 11.3 Å². The second-order valence-corrected chi connectivity index (χ2v) is 8.15. The van der Waals surface area contributed by atoms with Crippen LogP contribution in [0.5, 0.6) is 0 Å². The quantitative estimate of drug-likeness (QED) is 0.673. The highest BCUT2D eigenvalue weighted by atomic mass is 32.1. The van der Waals surface area contributed by atoms with E-state index in [1.165, 1.54) is 5.56 Å². The molecule has 0 spiro atoms. The maximum atomic E-state index is 12.4. The van der Waals surface area contributed by atoms with E-state index in [2.05, 4.69) is 50.1 Å². The lowest BCUT2D eigenvalue weighted by atomic mass is 9.99. The Hall–Kier alpha value is -1.50. The Kier molecular flexibility index (Phi) is 6.93. The first-order chi connectivity index (χ1) is 11.8. The van der Waals surface area contributed by atoms with Crippen LogP contribution < -0.4 is 16.8 Å². The summed E-state index contributed by atoms with van der Waals surface area (Å²) in [7, 11) is 0. The van der Waals surface area contributed by atoms with Crippen molar-refractivity contribution in [3.05, 3.63) is 28.8 Å². The lowest BCUT2D eigenvalue weighted by Crippen LogP contribution is -2.51. The molecule has 0 saturated carbocycles. The molecule has 1 aromatic heterocycles. The molecule has 1 amide bonds. The van der Waals surface area contributed by atoms with Gasteiger partial charge in [0.1, 0.15) is 0 Å². The predicted octanol–water partition coefficient (Wildman–Crippen LogP) is 2.78. The van der Waals surface area contributed by atoms with Gasteiger partial charge in [-0.25, -0.2) is 4.98 Å². The van der Waals surface area contributed by atoms with Gasteiger partial charge in [0.15, 0.2) is 0 Å². The molecule has 6 heteroatoms. The van der Waals surface area contributed by atoms with E-state index in [1.807, 2.05) is 6.07 Å². The molecule has 0 radical (unpaired) electrons. The topological polar surface area (TPSA) is 94.0 Å². The van der Waals surface area contributed by atoms with Crippen LogP contribution >= 0.6 is 11.3 Å². The van der Waals surface area contributed by atoms with Gasteiger partial charge in [-0.3, -0.25) is 4.79 Å². The van der Waals surface area contributed by atoms with Crippen LogP contribution in [-0.2, 0) is 11.2 Å². The van der Waals surface area contributed by atoms with E-state index in [1.54, 1.807) is 11.3 Å². The molecule has 2 rings (SSSR count). The van der Waals surface area contributed by atoms with Gasteiger partial charge in [0, 0.05) is 19.0 Å². The number of hydrogen-bond donors (Lipinski definition) is 3. The van der Waals surface area contributed by atoms with Crippen LogP contribution in [0.2, 0.25) is 0 Å². The monoisotopic (exact) mass is 362 g/mol. The van der Waals surface area contributed by atoms with Gasteiger partial charge in [0.2, 0.25) is 5.91 Å². The lowest BCUT2D eigenvalue weighted by molar-refractivity contribution is -0.123. The summed E-state index contributed by atoms with van der Waals surface area (Å²) in [6, 6.07) is 5.70. The normalized spacial score (nSPS) is 15.3. The van der Waals surface area contributed by atoms with E-state index in [-0.39, 0.29) is 11.9 Å². The summed E-state index contributed by atoms with van der Waals surface area (Å²) in [5.41, 5.74) is 14.1. The Morgan fingerprint density at radius 1 is 1.32 bits per heavy atom. The third-order valence-electron chi connectivity index (χ3n) is 4.77. The number of nitrogens with one attached hydrogen (secondary N) is 1. The largest absolute Gasteiger partial charge is 0.350 e. The molecule has 0 bridgehead atoms. The number of thiazole rings is 1. The van der Waals surface area contributed by atoms with E-state index in [4.69, 9.17) is 11.5 Å². The smallest absolute Gasteiger partial charge is 0.237 e. The number of carbonyl (C=O) groups is 1. The Morgan fingerprint density at radius 3 is 2.64 bits per heavy atom. The number of nitrogens with two attached hydrogens (primary N) is 2. The second-order valence-electron chi connectivity index (χ2n) is 7.04. The summed E-state index contributed by atoms with van der Waals surface area (Å²) in [4.78, 5) is 17.0. The molecule has 0 saturated heterocycles. The maximum Gasteiger partial charge on any atom is 0.237 e. The molecule has 5 nitrogen and oxygen atoms in total. The minimum Gasteiger partial charge on any atom is -0.350 e. The van der Waals surface area contributed by atoms with Gasteiger partial charge >= 0.3 is 0 Å². The van der Waals surface area contributed by atoms with E-state index >= 15 is 0 Å². The van der Waals surface area contributed by atoms with Crippen molar-refractivity contribution in [2.45, 2.75) is 58.5 Å². The van der Waals surface area contributed by atoms with Crippen LogP contribution in [0.25, 0.3) is 10.2 Å². The number of amides is 1. The van der Waals surface area contributed by atoms with Gasteiger partial charge in [0.05, 0.1) is 21.3 Å². The summed E-state index contributed by atoms with van der Waals surface area (Å²) in [6.45, 7) is 8.95. The van der Waals surface area contributed by atoms with Gasteiger partial charge in [-0.05, 0) is 29.5 Å². The zero-order valence-corrected chi connectivity index (χ0v) is 16.4. The average molecular weight is 363 g/mol. The number of hydrogen-bond acceptors (Lipinski definition) is 5. The highest BCUT2D eigenvalue weighted by Crippen LogP contribution is 2.26. The van der Waals surface area contributed by atoms with Gasteiger partial charge in [-0.2, -0.15) is 0 Å². The van der Waals surface area contributed by atoms with Crippen molar-refractivity contribution in [1.29, 1.82) is 0 Å². The van der Waals surface area contributed by atoms with Crippen LogP contribution in [0, 0.1) is 5.92 Å². The molecule has 3 atom stereocenters. The fraction of sp³-hybridized carbons (Fsp3) is 0.579. The summed E-state index contributed by atoms with van der Waals surface area (Å²) in [5.74, 6) is 0.660. The Labute approximate surface area is 154 Å². The minimum atomic E-state index is -0.608. The Morgan fingerprint density at radius 2 is 2.04 bits per heavy atom. The van der Waals surface area contributed by atoms with Crippen molar-refractivity contribution in [2.24, 2.45) is 17.4 Å². The molecule has 1 heterocycles. The minimum absolute atomic E-state index is 0.0347. The number of rotatable bonds is 8. The van der Waals surface area contributed by atoms with Crippen molar-refractivity contribution in [3.63, 3.8) is 0 Å². The first-order valence-corrected chi connectivity index (χ1v) is 9.82. The van der Waals surface area contributed by atoms with Crippen LogP contribution in [0.4, 0.5) is 0 Å². The summed E-state index contributed by atoms with van der Waals surface area (Å²) < 4.78 is 1.15. The van der Waals surface area contributed by atoms with Crippen molar-refractivity contribution in [2.75, 3.05) is 6.54 Å². The zero-order valence-electron chi connectivity index (χ0n) is 15.6. The molecule has 138 valence electrons. The Bertz CT molecular complexity index is 713. The molecule has 0 aliphatic rings. The van der Waals surface area contributed by atoms with E-state index in [0.29, 0.717) is 24.8 Å². The van der Waals surface area contributed by atoms with Gasteiger partial charge in [0.25, 0.3) is 0 Å². The summed E-state index contributed by atoms with van der Waals surface area (Å²) in [5, 5.41) is 3.88. The zero-order chi connectivity index (χ0) is 18.6. The molecule has 2 aromatic rings. The van der Waals surface area contributed by atoms with Crippen LogP contribution in [0.1, 0.15) is 50.6 Å². The van der Waals surface area contributed by atoms with Gasteiger partial charge < -0.3 is 16.8 Å². The molecule has 25 heavy (non-hydrogen) atoms. The molecular formula is C19H30N4OS. The maximum absolute atomic E-state index is 12.4. The standard InChI is InChI=1S/C19H30N4OS/c1-5-12(4)16(10-20)23-19(24)14(21)9-18-22-15-7-6-13(11(2)3)8-17(15)25-18/h6-8,11-12,14,16H,5,9-10,20-21H2,1-4H3,(H,23,24)/t12-,14?,16+/m0/s1. The molecule has 1 aromatic carbocycles. The Balaban J connectivity index is 2.05. The average Bonchev–Trinajstić information content (AvgIpc) is 2.99. The molecule has 0 fully saturated rings. The van der Waals surface area contributed by atoms with Crippen molar-refractivity contribution < 1.29 is 4.79 Å². The highest BCUT2D eigenvalue weighted by molar-refractivity contribution is 7.18. The third-order valence-corrected chi connectivity index (χ3v) is 5.81. The fourth-order valence-electron chi connectivity index (χ4n) is 2.72. The summed E-state index contributed by atoms with van der Waals surface area (Å²) in [6.07, 6.45) is 1.41. The van der Waals surface area contributed by atoms with E-state index in [9.17, 15) is 4.79 Å². The molecular weight excluding hydrogens is 332 g/mol. The van der Waals surface area contributed by atoms with Crippen LogP contribution in [0.15, 0.2) is 18.2 Å². The SMILES string of the molecule is CC[C@H](C)[C@@H](CN)NC(=O)C(N)Cc1nc2ccc(C(C)C)cc2s1. The van der Waals surface area contributed by atoms with Crippen LogP contribution in [0.3, 0.4) is 0 Å². The first-order valence-electron chi connectivity index (χ1n) is 9.01. The highest BCUT2D eigenvalue weighted by Gasteiger charge is 2.22. The number of carbonyl (C=O) groups excluding carboxylic acids is 1.